The molecular formula is C49H46ClFN8O4. The first-order valence-corrected chi connectivity index (χ1v) is 21.5. The van der Waals surface area contributed by atoms with Crippen molar-refractivity contribution in [2.75, 3.05) is 0 Å². The second-order valence-corrected chi connectivity index (χ2v) is 17.4. The summed E-state index contributed by atoms with van der Waals surface area (Å²) in [5, 5.41) is 18.5. The maximum atomic E-state index is 14.3. The summed E-state index contributed by atoms with van der Waals surface area (Å²) < 4.78 is 28.9. The minimum atomic E-state index is -0.989. The highest BCUT2D eigenvalue weighted by atomic mass is 35.5. The number of H-pyrrole nitrogens is 2. The lowest BCUT2D eigenvalue weighted by atomic mass is 9.95. The number of hydrogen-bond acceptors (Lipinski definition) is 8. The van der Waals surface area contributed by atoms with E-state index in [4.69, 9.17) is 26.1 Å². The van der Waals surface area contributed by atoms with Gasteiger partial charge in [-0.05, 0) is 140 Å². The van der Waals surface area contributed by atoms with E-state index in [-0.39, 0.29) is 18.1 Å². The van der Waals surface area contributed by atoms with Crippen LogP contribution >= 0.6 is 11.6 Å². The number of esters is 1. The van der Waals surface area contributed by atoms with E-state index in [1.165, 1.54) is 25.3 Å². The molecule has 1 atom stereocenters. The molecule has 0 aliphatic heterocycles. The zero-order chi connectivity index (χ0) is 43.7. The van der Waals surface area contributed by atoms with Gasteiger partial charge in [-0.2, -0.15) is 5.21 Å². The zero-order valence-corrected chi connectivity index (χ0v) is 35.9. The number of imidazole rings is 1. The van der Waals surface area contributed by atoms with Gasteiger partial charge in [-0.15, -0.1) is 10.2 Å². The van der Waals surface area contributed by atoms with Crippen molar-refractivity contribution in [3.63, 3.8) is 0 Å². The van der Waals surface area contributed by atoms with E-state index >= 15 is 0 Å². The quantitative estimate of drug-likeness (QED) is 0.103. The number of carbonyl (C=O) groups excluding carboxylic acids is 2. The fourth-order valence-corrected chi connectivity index (χ4v) is 8.55. The molecule has 0 radical (unpaired) electrons. The lowest BCUT2D eigenvalue weighted by Crippen LogP contribution is -2.45. The Balaban J connectivity index is 0.993. The van der Waals surface area contributed by atoms with Crippen molar-refractivity contribution in [1.29, 1.82) is 0 Å². The molecule has 1 fully saturated rings. The molecule has 63 heavy (non-hydrogen) atoms. The molecule has 9 rings (SSSR count). The Labute approximate surface area is 368 Å². The number of halogens is 2. The number of para-hydroxylation sites is 1. The standard InChI is InChI=1S/C49H46ClFN8O4/c1-49(2,3)63-48(61)43(27-35-24-31-9-7-8-12-41(31)52-35)54-47(60)33-15-20-38(30-16-21-40(51)39(50)25-30)34(23-33)28-62-37-18-13-29(14-19-37)46-53-42-26-32(45-55-57-58-56-45)17-22-44(42)59(46)36-10-5-4-6-11-36/h7-9,12-26,36,43,52H,4-6,10-11,27-28H2,1-3H3,(H,54,60)(H,55,56,57,58). The van der Waals surface area contributed by atoms with E-state index in [0.717, 1.165) is 57.4 Å². The smallest absolute Gasteiger partial charge is 0.329 e. The molecule has 3 N–H and O–H groups in total. The molecule has 1 unspecified atom stereocenters. The number of hydrogen-bond donors (Lipinski definition) is 3. The first-order valence-electron chi connectivity index (χ1n) is 21.1. The van der Waals surface area contributed by atoms with Gasteiger partial charge in [0.2, 0.25) is 5.82 Å². The molecule has 1 aliphatic carbocycles. The zero-order valence-electron chi connectivity index (χ0n) is 35.1. The van der Waals surface area contributed by atoms with Crippen molar-refractivity contribution in [2.24, 2.45) is 0 Å². The van der Waals surface area contributed by atoms with Crippen LogP contribution in [0.15, 0.2) is 109 Å². The van der Waals surface area contributed by atoms with Gasteiger partial charge in [0.1, 0.15) is 35.6 Å². The Kier molecular flexibility index (Phi) is 11.5. The highest BCUT2D eigenvalue weighted by molar-refractivity contribution is 6.31. The SMILES string of the molecule is CC(C)(C)OC(=O)C(Cc1cc2ccccc2[nH]1)NC(=O)c1ccc(-c2ccc(F)c(Cl)c2)c(COc2ccc(-c3nc4cc(-c5nn[nH]n5)ccc4n3C3CCCCC3)cc2)c1. The van der Waals surface area contributed by atoms with Gasteiger partial charge < -0.3 is 24.3 Å². The van der Waals surface area contributed by atoms with Crippen molar-refractivity contribution < 1.29 is 23.5 Å². The first kappa shape index (κ1) is 41.5. The molecular weight excluding hydrogens is 819 g/mol. The van der Waals surface area contributed by atoms with Crippen LogP contribution in [0.5, 0.6) is 5.75 Å². The van der Waals surface area contributed by atoms with Gasteiger partial charge in [0, 0.05) is 40.4 Å². The number of nitrogens with zero attached hydrogens (tertiary/aromatic N) is 5. The Hall–Kier alpha value is -6.86. The summed E-state index contributed by atoms with van der Waals surface area (Å²) in [6, 6.07) is 32.7. The maximum Gasteiger partial charge on any atom is 0.329 e. The molecule has 14 heteroatoms. The number of ether oxygens (including phenoxy) is 2. The van der Waals surface area contributed by atoms with Gasteiger partial charge in [-0.1, -0.05) is 61.2 Å². The molecule has 0 saturated heterocycles. The molecule has 1 saturated carbocycles. The first-order chi connectivity index (χ1) is 30.5. The number of nitrogens with one attached hydrogen (secondary N) is 3. The summed E-state index contributed by atoms with van der Waals surface area (Å²) in [6.07, 6.45) is 5.91. The molecule has 3 heterocycles. The largest absolute Gasteiger partial charge is 0.489 e. The molecule has 12 nitrogen and oxygen atoms in total. The van der Waals surface area contributed by atoms with Gasteiger partial charge in [0.25, 0.3) is 5.91 Å². The van der Waals surface area contributed by atoms with E-state index in [0.29, 0.717) is 39.9 Å². The van der Waals surface area contributed by atoms with Gasteiger partial charge in [-0.3, -0.25) is 4.79 Å². The van der Waals surface area contributed by atoms with Crippen LogP contribution in [-0.2, 0) is 22.6 Å². The second kappa shape index (κ2) is 17.5. The Morgan fingerprint density at radius 1 is 0.905 bits per heavy atom. The second-order valence-electron chi connectivity index (χ2n) is 17.0. The Morgan fingerprint density at radius 2 is 1.68 bits per heavy atom. The summed E-state index contributed by atoms with van der Waals surface area (Å²) in [5.74, 6) is 0.415. The summed E-state index contributed by atoms with van der Waals surface area (Å²) >= 11 is 6.25. The lowest BCUT2D eigenvalue weighted by molar-refractivity contribution is -0.157. The number of carbonyl (C=O) groups is 2. The van der Waals surface area contributed by atoms with E-state index in [9.17, 15) is 14.0 Å². The number of tetrazole rings is 1. The van der Waals surface area contributed by atoms with Crippen LogP contribution in [0.25, 0.3) is 55.8 Å². The van der Waals surface area contributed by atoms with E-state index in [1.807, 2.05) is 66.7 Å². The molecule has 5 aromatic carbocycles. The Morgan fingerprint density at radius 3 is 2.43 bits per heavy atom. The fourth-order valence-electron chi connectivity index (χ4n) is 8.37. The van der Waals surface area contributed by atoms with Gasteiger partial charge in [-0.25, -0.2) is 14.2 Å². The highest BCUT2D eigenvalue weighted by Crippen LogP contribution is 2.38. The van der Waals surface area contributed by atoms with Crippen molar-refractivity contribution in [1.82, 2.24) is 40.5 Å². The predicted octanol–water partition coefficient (Wildman–Crippen LogP) is 10.6. The lowest BCUT2D eigenvalue weighted by Gasteiger charge is -2.25. The van der Waals surface area contributed by atoms with Crippen molar-refractivity contribution in [3.8, 4) is 39.7 Å². The fraction of sp³-hybridized carbons (Fsp3) is 0.265. The average Bonchev–Trinajstić information content (AvgIpc) is 4.05. The summed E-state index contributed by atoms with van der Waals surface area (Å²) in [4.78, 5) is 36.1. The number of amides is 1. The van der Waals surface area contributed by atoms with Crippen molar-refractivity contribution in [3.05, 3.63) is 137 Å². The predicted molar refractivity (Wildman–Crippen MR) is 241 cm³/mol. The minimum Gasteiger partial charge on any atom is -0.489 e. The third-order valence-corrected chi connectivity index (χ3v) is 11.6. The highest BCUT2D eigenvalue weighted by Gasteiger charge is 2.29. The molecule has 0 bridgehead atoms. The third-order valence-electron chi connectivity index (χ3n) is 11.3. The Bertz CT molecular complexity index is 2900. The van der Waals surface area contributed by atoms with Crippen LogP contribution in [0, 0.1) is 5.82 Å². The topological polar surface area (TPSA) is 153 Å². The van der Waals surface area contributed by atoms with Crippen molar-refractivity contribution in [2.45, 2.75) is 83.6 Å². The monoisotopic (exact) mass is 864 g/mol. The van der Waals surface area contributed by atoms with Gasteiger partial charge >= 0.3 is 5.97 Å². The molecule has 3 aromatic heterocycles. The number of aromatic nitrogens is 7. The van der Waals surface area contributed by atoms with Crippen LogP contribution in [0.2, 0.25) is 5.02 Å². The molecule has 1 amide bonds. The maximum absolute atomic E-state index is 14.3. The minimum absolute atomic E-state index is 0.0285. The average molecular weight is 865 g/mol. The van der Waals surface area contributed by atoms with Crippen LogP contribution in [0.3, 0.4) is 0 Å². The number of fused-ring (bicyclic) bond motifs is 2. The van der Waals surface area contributed by atoms with E-state index in [1.54, 1.807) is 51.1 Å². The van der Waals surface area contributed by atoms with E-state index < -0.39 is 29.3 Å². The molecule has 8 aromatic rings. The number of rotatable bonds is 12. The van der Waals surface area contributed by atoms with Gasteiger partial charge in [0.15, 0.2) is 0 Å². The van der Waals surface area contributed by atoms with Crippen molar-refractivity contribution >= 4 is 45.4 Å². The van der Waals surface area contributed by atoms with Crippen LogP contribution in [0.1, 0.15) is 80.5 Å². The molecule has 1 aliphatic rings. The number of aromatic amines is 2. The van der Waals surface area contributed by atoms with Crippen LogP contribution < -0.4 is 10.1 Å². The summed E-state index contributed by atoms with van der Waals surface area (Å²) in [6.45, 7) is 5.43. The van der Waals surface area contributed by atoms with Crippen LogP contribution in [-0.4, -0.2) is 58.7 Å². The number of benzene rings is 5. The third kappa shape index (κ3) is 9.19. The summed E-state index contributed by atoms with van der Waals surface area (Å²) in [7, 11) is 0. The van der Waals surface area contributed by atoms with E-state index in [2.05, 4.69) is 41.6 Å². The molecule has 320 valence electrons. The normalized spacial score (nSPS) is 13.9. The van der Waals surface area contributed by atoms with Gasteiger partial charge in [0.05, 0.1) is 16.1 Å². The van der Waals surface area contributed by atoms with Crippen LogP contribution in [0.4, 0.5) is 4.39 Å². The molecule has 0 spiro atoms. The summed E-state index contributed by atoms with van der Waals surface area (Å²) in [5.41, 5.74) is 6.91.